The Bertz CT molecular complexity index is 647. The van der Waals surface area contributed by atoms with Crippen LogP contribution in [0.1, 0.15) is 19.5 Å². The normalized spacial score (nSPS) is 11.1. The van der Waals surface area contributed by atoms with Gasteiger partial charge in [0, 0.05) is 10.0 Å². The maximum Gasteiger partial charge on any atom is 0.161 e. The zero-order chi connectivity index (χ0) is 14.9. The monoisotopic (exact) mass is 465 g/mol. The number of nitrogens with zero attached hydrogens (tertiary/aromatic N) is 2. The summed E-state index contributed by atoms with van der Waals surface area (Å²) in [5.41, 5.74) is 7.90. The average Bonchev–Trinajstić information content (AvgIpc) is 2.37. The van der Waals surface area contributed by atoms with Crippen molar-refractivity contribution in [2.75, 3.05) is 5.73 Å². The molecule has 6 heteroatoms. The van der Waals surface area contributed by atoms with Gasteiger partial charge in [0.15, 0.2) is 5.82 Å². The van der Waals surface area contributed by atoms with Crippen LogP contribution in [0.15, 0.2) is 22.7 Å². The highest BCUT2D eigenvalue weighted by atomic mass is 127. The van der Waals surface area contributed by atoms with Crippen molar-refractivity contribution in [2.24, 2.45) is 5.92 Å². The molecule has 2 aromatic rings. The lowest BCUT2D eigenvalue weighted by atomic mass is 10.1. The van der Waals surface area contributed by atoms with Crippen LogP contribution in [-0.4, -0.2) is 9.97 Å². The van der Waals surface area contributed by atoms with E-state index in [1.54, 1.807) is 0 Å². The second kappa shape index (κ2) is 6.58. The molecule has 3 nitrogen and oxygen atoms in total. The number of nitrogens with two attached hydrogens (primary N) is 1. The van der Waals surface area contributed by atoms with Crippen LogP contribution in [-0.2, 0) is 6.42 Å². The van der Waals surface area contributed by atoms with Crippen LogP contribution < -0.4 is 5.73 Å². The number of benzene rings is 1. The predicted molar refractivity (Wildman–Crippen MR) is 95.8 cm³/mol. The van der Waals surface area contributed by atoms with E-state index in [1.807, 2.05) is 18.2 Å². The van der Waals surface area contributed by atoms with Crippen LogP contribution in [0.4, 0.5) is 5.82 Å². The average molecular weight is 467 g/mol. The maximum atomic E-state index is 6.01. The molecule has 0 saturated heterocycles. The van der Waals surface area contributed by atoms with Gasteiger partial charge >= 0.3 is 0 Å². The number of nitrogen functional groups attached to an aromatic ring is 1. The number of hydrogen-bond acceptors (Lipinski definition) is 3. The molecule has 1 aromatic heterocycles. The Hall–Kier alpha value is -0.400. The molecule has 0 aliphatic rings. The first-order valence-electron chi connectivity index (χ1n) is 6.15. The molecule has 0 amide bonds. The minimum absolute atomic E-state index is 0.516. The molecule has 0 saturated carbocycles. The van der Waals surface area contributed by atoms with Crippen LogP contribution in [0, 0.1) is 9.49 Å². The molecule has 0 radical (unpaired) electrons. The Morgan fingerprint density at radius 2 is 2.05 bits per heavy atom. The van der Waals surface area contributed by atoms with Gasteiger partial charge in [-0.3, -0.25) is 0 Å². The summed E-state index contributed by atoms with van der Waals surface area (Å²) < 4.78 is 1.76. The second-order valence-electron chi connectivity index (χ2n) is 4.92. The third kappa shape index (κ3) is 3.62. The third-order valence-electron chi connectivity index (χ3n) is 2.72. The summed E-state index contributed by atoms with van der Waals surface area (Å²) in [4.78, 5) is 9.03. The molecular formula is C14H14BrClIN3. The molecule has 1 aromatic carbocycles. The van der Waals surface area contributed by atoms with E-state index in [2.05, 4.69) is 62.3 Å². The first kappa shape index (κ1) is 16.0. The van der Waals surface area contributed by atoms with Crippen molar-refractivity contribution in [1.29, 1.82) is 0 Å². The van der Waals surface area contributed by atoms with Crippen molar-refractivity contribution in [3.63, 3.8) is 0 Å². The summed E-state index contributed by atoms with van der Waals surface area (Å²) in [5, 5.41) is 0.662. The van der Waals surface area contributed by atoms with Gasteiger partial charge in [0.05, 0.1) is 14.3 Å². The smallest absolute Gasteiger partial charge is 0.161 e. The van der Waals surface area contributed by atoms with Crippen molar-refractivity contribution in [3.05, 3.63) is 37.0 Å². The van der Waals surface area contributed by atoms with Crippen LogP contribution >= 0.6 is 50.1 Å². The molecule has 0 spiro atoms. The molecule has 0 aliphatic heterocycles. The molecule has 0 aliphatic carbocycles. The maximum absolute atomic E-state index is 6.01. The van der Waals surface area contributed by atoms with Gasteiger partial charge in [-0.2, -0.15) is 0 Å². The largest absolute Gasteiger partial charge is 0.383 e. The first-order chi connectivity index (χ1) is 9.38. The van der Waals surface area contributed by atoms with E-state index in [-0.39, 0.29) is 0 Å². The van der Waals surface area contributed by atoms with E-state index >= 15 is 0 Å². The number of hydrogen-bond donors (Lipinski definition) is 1. The van der Waals surface area contributed by atoms with Gasteiger partial charge < -0.3 is 5.73 Å². The highest BCUT2D eigenvalue weighted by molar-refractivity contribution is 14.1. The van der Waals surface area contributed by atoms with Crippen molar-refractivity contribution in [2.45, 2.75) is 20.3 Å². The highest BCUT2D eigenvalue weighted by Crippen LogP contribution is 2.29. The molecule has 0 fully saturated rings. The molecule has 0 atom stereocenters. The lowest BCUT2D eigenvalue weighted by molar-refractivity contribution is 0.632. The van der Waals surface area contributed by atoms with E-state index in [4.69, 9.17) is 17.3 Å². The Labute approximate surface area is 145 Å². The summed E-state index contributed by atoms with van der Waals surface area (Å²) in [6.07, 6.45) is 0.882. The quantitative estimate of drug-likeness (QED) is 0.652. The zero-order valence-electron chi connectivity index (χ0n) is 11.1. The van der Waals surface area contributed by atoms with Gasteiger partial charge in [0.2, 0.25) is 0 Å². The van der Waals surface area contributed by atoms with Gasteiger partial charge in [-0.05, 0) is 69.1 Å². The van der Waals surface area contributed by atoms with Crippen LogP contribution in [0.3, 0.4) is 0 Å². The third-order valence-corrected chi connectivity index (χ3v) is 5.11. The van der Waals surface area contributed by atoms with E-state index in [0.717, 1.165) is 25.7 Å². The lowest BCUT2D eigenvalue weighted by Gasteiger charge is -2.11. The number of anilines is 1. The van der Waals surface area contributed by atoms with E-state index < -0.39 is 0 Å². The SMILES string of the molecule is CC(C)Cc1nc(-c2ccc(Cl)c(Br)c2)nc(N)c1I. The fraction of sp³-hybridized carbons (Fsp3) is 0.286. The molecule has 106 valence electrons. The summed E-state index contributed by atoms with van der Waals surface area (Å²) in [5.74, 6) is 1.68. The summed E-state index contributed by atoms with van der Waals surface area (Å²) in [6, 6.07) is 5.62. The standard InChI is InChI=1S/C14H14BrClIN3/c1-7(2)5-11-12(17)13(18)20-14(19-11)8-3-4-10(16)9(15)6-8/h3-4,6-7H,5H2,1-2H3,(H2,18,19,20). The van der Waals surface area contributed by atoms with Crippen molar-refractivity contribution >= 4 is 55.9 Å². The predicted octanol–water partition coefficient (Wildman–Crippen LogP) is 4.94. The second-order valence-corrected chi connectivity index (χ2v) is 7.26. The minimum atomic E-state index is 0.516. The Balaban J connectivity index is 2.51. The molecule has 0 unspecified atom stereocenters. The van der Waals surface area contributed by atoms with E-state index in [9.17, 15) is 0 Å². The lowest BCUT2D eigenvalue weighted by Crippen LogP contribution is -2.07. The molecule has 2 N–H and O–H groups in total. The van der Waals surface area contributed by atoms with Crippen molar-refractivity contribution in [1.82, 2.24) is 9.97 Å². The highest BCUT2D eigenvalue weighted by Gasteiger charge is 2.13. The molecule has 0 bridgehead atoms. The molecule has 2 rings (SSSR count). The summed E-state index contributed by atoms with van der Waals surface area (Å²) in [6.45, 7) is 4.32. The molecule has 1 heterocycles. The van der Waals surface area contributed by atoms with Crippen LogP contribution in [0.25, 0.3) is 11.4 Å². The van der Waals surface area contributed by atoms with Gasteiger partial charge in [0.25, 0.3) is 0 Å². The minimum Gasteiger partial charge on any atom is -0.383 e. The Morgan fingerprint density at radius 1 is 1.35 bits per heavy atom. The Morgan fingerprint density at radius 3 is 2.65 bits per heavy atom. The van der Waals surface area contributed by atoms with Gasteiger partial charge in [-0.25, -0.2) is 9.97 Å². The molecule has 20 heavy (non-hydrogen) atoms. The molecular weight excluding hydrogens is 452 g/mol. The van der Waals surface area contributed by atoms with Gasteiger partial charge in [0.1, 0.15) is 5.82 Å². The van der Waals surface area contributed by atoms with Crippen LogP contribution in [0.5, 0.6) is 0 Å². The number of aromatic nitrogens is 2. The fourth-order valence-electron chi connectivity index (χ4n) is 1.80. The van der Waals surface area contributed by atoms with Crippen LogP contribution in [0.2, 0.25) is 5.02 Å². The van der Waals surface area contributed by atoms with Crippen molar-refractivity contribution in [3.8, 4) is 11.4 Å². The van der Waals surface area contributed by atoms with Gasteiger partial charge in [-0.1, -0.05) is 25.4 Å². The van der Waals surface area contributed by atoms with E-state index in [0.29, 0.717) is 22.6 Å². The number of rotatable bonds is 3. The topological polar surface area (TPSA) is 51.8 Å². The number of halogens is 3. The van der Waals surface area contributed by atoms with Crippen molar-refractivity contribution < 1.29 is 0 Å². The van der Waals surface area contributed by atoms with Gasteiger partial charge in [-0.15, -0.1) is 0 Å². The fourth-order valence-corrected chi connectivity index (χ4v) is 2.76. The zero-order valence-corrected chi connectivity index (χ0v) is 15.6. The Kier molecular flexibility index (Phi) is 5.25. The summed E-state index contributed by atoms with van der Waals surface area (Å²) >= 11 is 11.6. The first-order valence-corrected chi connectivity index (χ1v) is 8.40. The summed E-state index contributed by atoms with van der Waals surface area (Å²) in [7, 11) is 0. The van der Waals surface area contributed by atoms with E-state index in [1.165, 1.54) is 0 Å².